The Morgan fingerprint density at radius 3 is 2.29 bits per heavy atom. The number of carbonyl (C=O) groups is 2. The minimum atomic E-state index is -0.390. The van der Waals surface area contributed by atoms with Crippen molar-refractivity contribution in [2.75, 3.05) is 10.6 Å². The molecule has 2 amide bonds. The predicted octanol–water partition coefficient (Wildman–Crippen LogP) is 3.72. The molecule has 0 unspecified atom stereocenters. The van der Waals surface area contributed by atoms with Crippen molar-refractivity contribution in [3.05, 3.63) is 59.7 Å². The summed E-state index contributed by atoms with van der Waals surface area (Å²) in [6.45, 7) is 3.80. The molecule has 0 saturated carbocycles. The van der Waals surface area contributed by atoms with Crippen molar-refractivity contribution in [1.29, 1.82) is 0 Å². The molecule has 2 aromatic rings. The fourth-order valence-electron chi connectivity index (χ4n) is 2.15. The first-order valence-corrected chi connectivity index (χ1v) is 7.87. The number of hydrogen-bond donors (Lipinski definition) is 2. The molecular formula is C20H20N2O2. The SMILES string of the molecule is CCCC(=O)Nc1cccc(NC(=O)C#Cc2ccccc2)c1C. The van der Waals surface area contributed by atoms with Gasteiger partial charge in [-0.15, -0.1) is 0 Å². The fraction of sp³-hybridized carbons (Fsp3) is 0.200. The van der Waals surface area contributed by atoms with Crippen molar-refractivity contribution in [1.82, 2.24) is 0 Å². The van der Waals surface area contributed by atoms with Crippen LogP contribution < -0.4 is 10.6 Å². The first-order valence-electron chi connectivity index (χ1n) is 7.87. The minimum Gasteiger partial charge on any atom is -0.326 e. The number of hydrogen-bond acceptors (Lipinski definition) is 2. The van der Waals surface area contributed by atoms with Gasteiger partial charge in [0.25, 0.3) is 0 Å². The molecule has 0 radical (unpaired) electrons. The lowest BCUT2D eigenvalue weighted by Gasteiger charge is -2.12. The molecule has 4 heteroatoms. The molecule has 122 valence electrons. The molecule has 0 aromatic heterocycles. The molecule has 0 spiro atoms. The number of amides is 2. The third-order valence-electron chi connectivity index (χ3n) is 3.43. The van der Waals surface area contributed by atoms with Crippen LogP contribution in [0, 0.1) is 18.8 Å². The molecule has 0 fully saturated rings. The summed E-state index contributed by atoms with van der Waals surface area (Å²) in [4.78, 5) is 23.7. The molecular weight excluding hydrogens is 300 g/mol. The van der Waals surface area contributed by atoms with E-state index in [2.05, 4.69) is 22.5 Å². The number of benzene rings is 2. The minimum absolute atomic E-state index is 0.0343. The van der Waals surface area contributed by atoms with Crippen LogP contribution in [0.4, 0.5) is 11.4 Å². The highest BCUT2D eigenvalue weighted by Gasteiger charge is 2.08. The van der Waals surface area contributed by atoms with Crippen molar-refractivity contribution in [2.24, 2.45) is 0 Å². The second-order valence-corrected chi connectivity index (χ2v) is 5.35. The Labute approximate surface area is 142 Å². The average molecular weight is 320 g/mol. The van der Waals surface area contributed by atoms with Crippen LogP contribution >= 0.6 is 0 Å². The van der Waals surface area contributed by atoms with E-state index >= 15 is 0 Å². The molecule has 2 rings (SSSR count). The molecule has 24 heavy (non-hydrogen) atoms. The maximum absolute atomic E-state index is 12.0. The lowest BCUT2D eigenvalue weighted by Crippen LogP contribution is -2.14. The Bertz CT molecular complexity index is 786. The Hall–Kier alpha value is -3.06. The highest BCUT2D eigenvalue weighted by Crippen LogP contribution is 2.23. The van der Waals surface area contributed by atoms with Crippen molar-refractivity contribution in [3.8, 4) is 11.8 Å². The molecule has 2 N–H and O–H groups in total. The van der Waals surface area contributed by atoms with Crippen LogP contribution in [-0.2, 0) is 9.59 Å². The van der Waals surface area contributed by atoms with E-state index in [1.165, 1.54) is 0 Å². The van der Waals surface area contributed by atoms with Crippen molar-refractivity contribution in [2.45, 2.75) is 26.7 Å². The van der Waals surface area contributed by atoms with Crippen LogP contribution in [0.25, 0.3) is 0 Å². The van der Waals surface area contributed by atoms with E-state index in [9.17, 15) is 9.59 Å². The van der Waals surface area contributed by atoms with Gasteiger partial charge in [-0.05, 0) is 43.2 Å². The molecule has 0 aliphatic heterocycles. The van der Waals surface area contributed by atoms with Gasteiger partial charge in [0.15, 0.2) is 0 Å². The second kappa shape index (κ2) is 8.54. The van der Waals surface area contributed by atoms with Crippen molar-refractivity contribution < 1.29 is 9.59 Å². The Balaban J connectivity index is 2.08. The largest absolute Gasteiger partial charge is 0.326 e. The van der Waals surface area contributed by atoms with E-state index in [0.29, 0.717) is 17.8 Å². The summed E-state index contributed by atoms with van der Waals surface area (Å²) in [7, 11) is 0. The van der Waals surface area contributed by atoms with Gasteiger partial charge in [0.2, 0.25) is 5.91 Å². The number of nitrogens with one attached hydrogen (secondary N) is 2. The van der Waals surface area contributed by atoms with Gasteiger partial charge in [-0.25, -0.2) is 0 Å². The van der Waals surface area contributed by atoms with Crippen LogP contribution in [0.1, 0.15) is 30.9 Å². The standard InChI is InChI=1S/C20H20N2O2/c1-3-8-19(23)21-17-11-7-12-18(15(17)2)22-20(24)14-13-16-9-5-4-6-10-16/h4-7,9-12H,3,8H2,1-2H3,(H,21,23)(H,22,24). The van der Waals surface area contributed by atoms with Gasteiger partial charge in [0.05, 0.1) is 0 Å². The molecule has 0 heterocycles. The van der Waals surface area contributed by atoms with Gasteiger partial charge in [-0.1, -0.05) is 37.1 Å². The first-order chi connectivity index (χ1) is 11.6. The maximum atomic E-state index is 12.0. The smallest absolute Gasteiger partial charge is 0.300 e. The third kappa shape index (κ3) is 4.99. The Morgan fingerprint density at radius 2 is 1.62 bits per heavy atom. The van der Waals surface area contributed by atoms with E-state index in [1.54, 1.807) is 12.1 Å². The maximum Gasteiger partial charge on any atom is 0.300 e. The van der Waals surface area contributed by atoms with E-state index in [4.69, 9.17) is 0 Å². The zero-order valence-electron chi connectivity index (χ0n) is 13.8. The monoisotopic (exact) mass is 320 g/mol. The van der Waals surface area contributed by atoms with Crippen LogP contribution in [0.5, 0.6) is 0 Å². The number of carbonyl (C=O) groups excluding carboxylic acids is 2. The topological polar surface area (TPSA) is 58.2 Å². The molecule has 0 atom stereocenters. The molecule has 2 aromatic carbocycles. The lowest BCUT2D eigenvalue weighted by molar-refractivity contribution is -0.116. The van der Waals surface area contributed by atoms with Crippen molar-refractivity contribution >= 4 is 23.2 Å². The van der Waals surface area contributed by atoms with E-state index < -0.39 is 0 Å². The van der Waals surface area contributed by atoms with Gasteiger partial charge in [-0.2, -0.15) is 0 Å². The fourth-order valence-corrected chi connectivity index (χ4v) is 2.15. The van der Waals surface area contributed by atoms with Gasteiger partial charge in [-0.3, -0.25) is 9.59 Å². The summed E-state index contributed by atoms with van der Waals surface area (Å²) in [5, 5.41) is 5.62. The Kier molecular flexibility index (Phi) is 6.16. The van der Waals surface area contributed by atoms with Gasteiger partial charge >= 0.3 is 5.91 Å². The molecule has 0 bridgehead atoms. The normalized spacial score (nSPS) is 9.58. The van der Waals surface area contributed by atoms with Crippen LogP contribution in [0.15, 0.2) is 48.5 Å². The molecule has 0 saturated heterocycles. The van der Waals surface area contributed by atoms with Crippen LogP contribution in [0.2, 0.25) is 0 Å². The average Bonchev–Trinajstić information content (AvgIpc) is 2.58. The third-order valence-corrected chi connectivity index (χ3v) is 3.43. The molecule has 0 aliphatic rings. The lowest BCUT2D eigenvalue weighted by atomic mass is 10.1. The Morgan fingerprint density at radius 1 is 0.958 bits per heavy atom. The first kappa shape index (κ1) is 17.3. The zero-order chi connectivity index (χ0) is 17.4. The van der Waals surface area contributed by atoms with Crippen molar-refractivity contribution in [3.63, 3.8) is 0 Å². The summed E-state index contributed by atoms with van der Waals surface area (Å²) in [6, 6.07) is 14.7. The molecule has 4 nitrogen and oxygen atoms in total. The van der Waals surface area contributed by atoms with Gasteiger partial charge in [0.1, 0.15) is 0 Å². The van der Waals surface area contributed by atoms with E-state index in [-0.39, 0.29) is 11.8 Å². The van der Waals surface area contributed by atoms with Gasteiger partial charge in [0, 0.05) is 29.3 Å². The van der Waals surface area contributed by atoms with E-state index in [1.807, 2.05) is 50.2 Å². The quantitative estimate of drug-likeness (QED) is 0.844. The number of anilines is 2. The zero-order valence-corrected chi connectivity index (χ0v) is 13.8. The summed E-state index contributed by atoms with van der Waals surface area (Å²) in [6.07, 6.45) is 1.26. The van der Waals surface area contributed by atoms with Crippen LogP contribution in [0.3, 0.4) is 0 Å². The van der Waals surface area contributed by atoms with E-state index in [0.717, 1.165) is 17.5 Å². The summed E-state index contributed by atoms with van der Waals surface area (Å²) in [5.41, 5.74) is 2.92. The summed E-state index contributed by atoms with van der Waals surface area (Å²) >= 11 is 0. The predicted molar refractivity (Wildman–Crippen MR) is 96.7 cm³/mol. The van der Waals surface area contributed by atoms with Crippen LogP contribution in [-0.4, -0.2) is 11.8 Å². The number of rotatable bonds is 4. The summed E-state index contributed by atoms with van der Waals surface area (Å²) in [5.74, 6) is 4.96. The molecule has 0 aliphatic carbocycles. The summed E-state index contributed by atoms with van der Waals surface area (Å²) < 4.78 is 0. The second-order valence-electron chi connectivity index (χ2n) is 5.35. The van der Waals surface area contributed by atoms with Gasteiger partial charge < -0.3 is 10.6 Å². The highest BCUT2D eigenvalue weighted by molar-refractivity contribution is 6.05. The highest BCUT2D eigenvalue weighted by atomic mass is 16.2.